The summed E-state index contributed by atoms with van der Waals surface area (Å²) >= 11 is 5.27. The first-order valence-electron chi connectivity index (χ1n) is 13.3. The molecule has 0 saturated heterocycles. The lowest BCUT2D eigenvalue weighted by Gasteiger charge is -2.11. The number of unbranched alkanes of at least 4 members (excludes halogenated alkanes) is 13. The van der Waals surface area contributed by atoms with Crippen LogP contribution < -0.4 is 15.4 Å². The fourth-order valence-electron chi connectivity index (χ4n) is 3.73. The van der Waals surface area contributed by atoms with E-state index in [2.05, 4.69) is 31.4 Å². The van der Waals surface area contributed by atoms with Crippen molar-refractivity contribution in [2.75, 3.05) is 13.2 Å². The Morgan fingerprint density at radius 2 is 1.42 bits per heavy atom. The highest BCUT2D eigenvalue weighted by Gasteiger charge is 2.09. The Morgan fingerprint density at radius 3 is 1.97 bits per heavy atom. The number of ether oxygens (including phenoxy) is 1. The van der Waals surface area contributed by atoms with E-state index in [1.54, 1.807) is 12.1 Å². The number of benzene rings is 1. The van der Waals surface area contributed by atoms with Crippen molar-refractivity contribution in [2.24, 2.45) is 5.92 Å². The molecule has 1 aromatic carbocycles. The van der Waals surface area contributed by atoms with E-state index in [4.69, 9.17) is 17.0 Å². The van der Waals surface area contributed by atoms with Crippen molar-refractivity contribution in [3.63, 3.8) is 0 Å². The SMILES string of the molecule is CCCCCCCCCCCCCCCCNC(=S)NC(=O)c1cccc(OCC(C)C)c1. The van der Waals surface area contributed by atoms with Gasteiger partial charge in [-0.05, 0) is 42.8 Å². The zero-order chi connectivity index (χ0) is 24.2. The van der Waals surface area contributed by atoms with E-state index >= 15 is 0 Å². The number of hydrogen-bond acceptors (Lipinski definition) is 3. The van der Waals surface area contributed by atoms with Crippen LogP contribution in [-0.2, 0) is 0 Å². The van der Waals surface area contributed by atoms with Crippen molar-refractivity contribution in [2.45, 2.75) is 111 Å². The van der Waals surface area contributed by atoms with Gasteiger partial charge in [0.25, 0.3) is 5.91 Å². The molecule has 0 spiro atoms. The second kappa shape index (κ2) is 19.8. The molecule has 0 unspecified atom stereocenters. The first kappa shape index (κ1) is 29.4. The normalized spacial score (nSPS) is 10.9. The van der Waals surface area contributed by atoms with E-state index < -0.39 is 0 Å². The summed E-state index contributed by atoms with van der Waals surface area (Å²) in [5, 5.41) is 6.31. The van der Waals surface area contributed by atoms with E-state index in [1.807, 2.05) is 12.1 Å². The molecule has 1 aromatic rings. The molecule has 0 radical (unpaired) electrons. The van der Waals surface area contributed by atoms with Crippen LogP contribution in [0.3, 0.4) is 0 Å². The molecule has 0 aromatic heterocycles. The molecule has 5 heteroatoms. The Kier molecular flexibility index (Phi) is 17.7. The van der Waals surface area contributed by atoms with Crippen molar-refractivity contribution in [1.29, 1.82) is 0 Å². The van der Waals surface area contributed by atoms with Gasteiger partial charge in [-0.3, -0.25) is 10.1 Å². The number of amides is 1. The number of nitrogens with one attached hydrogen (secondary N) is 2. The molecule has 0 aliphatic heterocycles. The summed E-state index contributed by atoms with van der Waals surface area (Å²) in [6.45, 7) is 7.90. The maximum Gasteiger partial charge on any atom is 0.257 e. The number of rotatable bonds is 19. The smallest absolute Gasteiger partial charge is 0.257 e. The van der Waals surface area contributed by atoms with E-state index in [9.17, 15) is 4.79 Å². The summed E-state index contributed by atoms with van der Waals surface area (Å²) in [5.41, 5.74) is 0.553. The van der Waals surface area contributed by atoms with Gasteiger partial charge in [0, 0.05) is 12.1 Å². The molecule has 0 fully saturated rings. The monoisotopic (exact) mass is 476 g/mol. The van der Waals surface area contributed by atoms with Gasteiger partial charge in [0.05, 0.1) is 6.61 Å². The molecule has 4 nitrogen and oxygen atoms in total. The number of thiocarbonyl (C=S) groups is 1. The zero-order valence-electron chi connectivity index (χ0n) is 21.4. The highest BCUT2D eigenvalue weighted by Crippen LogP contribution is 2.15. The molecule has 188 valence electrons. The summed E-state index contributed by atoms with van der Waals surface area (Å²) in [6, 6.07) is 7.22. The molecule has 0 atom stereocenters. The van der Waals surface area contributed by atoms with Crippen LogP contribution in [0.15, 0.2) is 24.3 Å². The third-order valence-electron chi connectivity index (χ3n) is 5.72. The predicted octanol–water partition coefficient (Wildman–Crippen LogP) is 7.81. The number of carbonyl (C=O) groups excluding carboxylic acids is 1. The fourth-order valence-corrected chi connectivity index (χ4v) is 3.93. The fraction of sp³-hybridized carbons (Fsp3) is 0.714. The van der Waals surface area contributed by atoms with E-state index in [0.717, 1.165) is 13.0 Å². The van der Waals surface area contributed by atoms with Crippen LogP contribution in [0.5, 0.6) is 5.75 Å². The van der Waals surface area contributed by atoms with Gasteiger partial charge in [0.15, 0.2) is 5.11 Å². The molecule has 0 saturated carbocycles. The van der Waals surface area contributed by atoms with Crippen molar-refractivity contribution < 1.29 is 9.53 Å². The van der Waals surface area contributed by atoms with Crippen molar-refractivity contribution in [1.82, 2.24) is 10.6 Å². The summed E-state index contributed by atoms with van der Waals surface area (Å²) < 4.78 is 5.70. The minimum Gasteiger partial charge on any atom is -0.493 e. The third kappa shape index (κ3) is 16.6. The van der Waals surface area contributed by atoms with E-state index in [0.29, 0.717) is 29.0 Å². The highest BCUT2D eigenvalue weighted by molar-refractivity contribution is 7.80. The Morgan fingerprint density at radius 1 is 0.879 bits per heavy atom. The molecule has 0 heterocycles. The molecule has 1 rings (SSSR count). The average molecular weight is 477 g/mol. The molecule has 2 N–H and O–H groups in total. The van der Waals surface area contributed by atoms with Crippen molar-refractivity contribution >= 4 is 23.2 Å². The van der Waals surface area contributed by atoms with Crippen LogP contribution in [0, 0.1) is 5.92 Å². The second-order valence-electron chi connectivity index (χ2n) is 9.54. The minimum atomic E-state index is -0.205. The van der Waals surface area contributed by atoms with E-state index in [1.165, 1.54) is 83.5 Å². The molecule has 0 aliphatic carbocycles. The van der Waals surface area contributed by atoms with Crippen LogP contribution >= 0.6 is 12.2 Å². The molecule has 33 heavy (non-hydrogen) atoms. The maximum atomic E-state index is 12.4. The maximum absolute atomic E-state index is 12.4. The van der Waals surface area contributed by atoms with Gasteiger partial charge in [-0.2, -0.15) is 0 Å². The van der Waals surface area contributed by atoms with Crippen LogP contribution in [-0.4, -0.2) is 24.2 Å². The van der Waals surface area contributed by atoms with Crippen LogP contribution in [0.1, 0.15) is 121 Å². The third-order valence-corrected chi connectivity index (χ3v) is 5.97. The Hall–Kier alpha value is -1.62. The quantitative estimate of drug-likeness (QED) is 0.158. The minimum absolute atomic E-state index is 0.205. The predicted molar refractivity (Wildman–Crippen MR) is 145 cm³/mol. The van der Waals surface area contributed by atoms with Crippen LogP contribution in [0.25, 0.3) is 0 Å². The first-order chi connectivity index (χ1) is 16.0. The van der Waals surface area contributed by atoms with Gasteiger partial charge < -0.3 is 10.1 Å². The summed E-state index contributed by atoms with van der Waals surface area (Å²) in [7, 11) is 0. The van der Waals surface area contributed by atoms with Gasteiger partial charge in [0.2, 0.25) is 0 Å². The largest absolute Gasteiger partial charge is 0.493 e. The van der Waals surface area contributed by atoms with E-state index in [-0.39, 0.29) is 5.91 Å². The average Bonchev–Trinajstić information content (AvgIpc) is 2.80. The van der Waals surface area contributed by atoms with Crippen molar-refractivity contribution in [3.8, 4) is 5.75 Å². The van der Waals surface area contributed by atoms with Crippen LogP contribution in [0.4, 0.5) is 0 Å². The molecule has 0 bridgehead atoms. The Balaban J connectivity index is 2.00. The zero-order valence-corrected chi connectivity index (χ0v) is 22.2. The van der Waals surface area contributed by atoms with Gasteiger partial charge in [-0.25, -0.2) is 0 Å². The lowest BCUT2D eigenvalue weighted by Crippen LogP contribution is -2.39. The summed E-state index contributed by atoms with van der Waals surface area (Å²) in [4.78, 5) is 12.4. The Bertz CT molecular complexity index is 649. The molecule has 1 amide bonds. The lowest BCUT2D eigenvalue weighted by atomic mass is 10.0. The standard InChI is InChI=1S/C28H48N2O2S/c1-4-5-6-7-8-9-10-11-12-13-14-15-16-17-21-29-28(33)30-27(31)25-19-18-20-26(22-25)32-23-24(2)3/h18-20,22,24H,4-17,21,23H2,1-3H3,(H2,29,30,31,33). The summed E-state index contributed by atoms with van der Waals surface area (Å²) in [6.07, 6.45) is 18.9. The summed E-state index contributed by atoms with van der Waals surface area (Å²) in [5.74, 6) is 0.940. The molecular formula is C28H48N2O2S. The Labute approximate surface area is 208 Å². The van der Waals surface area contributed by atoms with Gasteiger partial charge in [0.1, 0.15) is 5.75 Å². The second-order valence-corrected chi connectivity index (χ2v) is 9.95. The van der Waals surface area contributed by atoms with Crippen LogP contribution in [0.2, 0.25) is 0 Å². The van der Waals surface area contributed by atoms with Gasteiger partial charge >= 0.3 is 0 Å². The van der Waals surface area contributed by atoms with Crippen molar-refractivity contribution in [3.05, 3.63) is 29.8 Å². The highest BCUT2D eigenvalue weighted by atomic mass is 32.1. The lowest BCUT2D eigenvalue weighted by molar-refractivity contribution is 0.0976. The number of carbonyl (C=O) groups is 1. The molecular weight excluding hydrogens is 428 g/mol. The first-order valence-corrected chi connectivity index (χ1v) is 13.8. The number of hydrogen-bond donors (Lipinski definition) is 2. The van der Waals surface area contributed by atoms with Gasteiger partial charge in [-0.15, -0.1) is 0 Å². The van der Waals surface area contributed by atoms with Gasteiger partial charge in [-0.1, -0.05) is 110 Å². The topological polar surface area (TPSA) is 50.4 Å². The molecule has 0 aliphatic rings.